The van der Waals surface area contributed by atoms with Gasteiger partial charge in [-0.1, -0.05) is 59.6 Å². The fourth-order valence-corrected chi connectivity index (χ4v) is 7.79. The van der Waals surface area contributed by atoms with Crippen LogP contribution in [0.15, 0.2) is 61.3 Å². The number of hydrogen-bond donors (Lipinski definition) is 1. The number of rotatable bonds is 14. The van der Waals surface area contributed by atoms with E-state index in [0.717, 1.165) is 59.6 Å². The van der Waals surface area contributed by atoms with Crippen LogP contribution in [0.4, 0.5) is 0 Å². The molecule has 1 N–H and O–H groups in total. The standard InChI is InChI=1S/C39H46Cl3N3O3/c1-5-28(24-48-25(3)4)38-33(6-2)34(39(47)43-22-26-8-15-35(41)36(42)20-26)23-44(38)16-7-17-45-31-13-14-32(45)19-27(18-31)21-37(46)29-9-11-30(40)12-10-29/h5-6,8-12,15,20,23,25,27,31-32H,1,7,13-14,16-19,21-22,24H2,2-4H3,(H,43,47)/b33-6-,38-28-. The van der Waals surface area contributed by atoms with Gasteiger partial charge in [0.25, 0.3) is 5.91 Å². The maximum Gasteiger partial charge on any atom is 0.253 e. The van der Waals surface area contributed by atoms with Gasteiger partial charge >= 0.3 is 0 Å². The van der Waals surface area contributed by atoms with Crippen LogP contribution < -0.4 is 15.9 Å². The molecule has 9 heteroatoms. The Balaban J connectivity index is 1.29. The molecular formula is C39H46Cl3N3O3. The summed E-state index contributed by atoms with van der Waals surface area (Å²) < 4.78 is 8.21. The monoisotopic (exact) mass is 709 g/mol. The van der Waals surface area contributed by atoms with E-state index in [1.54, 1.807) is 24.3 Å². The zero-order valence-electron chi connectivity index (χ0n) is 28.1. The van der Waals surface area contributed by atoms with Crippen LogP contribution in [0.3, 0.4) is 0 Å². The Morgan fingerprint density at radius 3 is 2.35 bits per heavy atom. The van der Waals surface area contributed by atoms with Crippen LogP contribution in [0.25, 0.3) is 11.6 Å². The Kier molecular flexibility index (Phi) is 12.7. The third kappa shape index (κ3) is 8.83. The van der Waals surface area contributed by atoms with Crippen molar-refractivity contribution in [3.05, 3.63) is 104 Å². The van der Waals surface area contributed by atoms with Crippen LogP contribution in [-0.4, -0.2) is 52.5 Å². The van der Waals surface area contributed by atoms with Crippen molar-refractivity contribution in [1.29, 1.82) is 0 Å². The van der Waals surface area contributed by atoms with Crippen molar-refractivity contribution in [2.45, 2.75) is 90.6 Å². The molecule has 2 fully saturated rings. The minimum atomic E-state index is -0.157. The lowest BCUT2D eigenvalue weighted by molar-refractivity contribution is 0.0806. The van der Waals surface area contributed by atoms with Gasteiger partial charge in [-0.05, 0) is 101 Å². The topological polar surface area (TPSA) is 63.6 Å². The number of halogens is 3. The number of aryl methyl sites for hydroxylation is 1. The average Bonchev–Trinajstić information content (AvgIpc) is 3.54. The van der Waals surface area contributed by atoms with Gasteiger partial charge in [-0.2, -0.15) is 0 Å². The third-order valence-electron chi connectivity index (χ3n) is 9.65. The number of hydrogen-bond acceptors (Lipinski definition) is 4. The highest BCUT2D eigenvalue weighted by molar-refractivity contribution is 6.42. The second kappa shape index (κ2) is 16.7. The average molecular weight is 711 g/mol. The van der Waals surface area contributed by atoms with Crippen molar-refractivity contribution in [2.75, 3.05) is 13.2 Å². The van der Waals surface area contributed by atoms with Gasteiger partial charge < -0.3 is 14.6 Å². The first-order chi connectivity index (χ1) is 23.1. The molecule has 2 aliphatic heterocycles. The molecule has 6 nitrogen and oxygen atoms in total. The first-order valence-electron chi connectivity index (χ1n) is 17.0. The molecule has 1 amide bonds. The number of carbonyl (C=O) groups is 2. The molecular weight excluding hydrogens is 665 g/mol. The number of benzene rings is 2. The van der Waals surface area contributed by atoms with Crippen LogP contribution in [0.5, 0.6) is 0 Å². The van der Waals surface area contributed by atoms with Crippen molar-refractivity contribution < 1.29 is 14.3 Å². The zero-order valence-corrected chi connectivity index (χ0v) is 30.4. The Morgan fingerprint density at radius 2 is 1.73 bits per heavy atom. The molecule has 48 heavy (non-hydrogen) atoms. The van der Waals surface area contributed by atoms with Crippen LogP contribution in [0, 0.1) is 5.92 Å². The number of carbonyl (C=O) groups excluding carboxylic acids is 2. The van der Waals surface area contributed by atoms with Crippen molar-refractivity contribution in [1.82, 2.24) is 14.8 Å². The largest absolute Gasteiger partial charge is 0.374 e. The molecule has 2 saturated heterocycles. The predicted molar refractivity (Wildman–Crippen MR) is 197 cm³/mol. The van der Waals surface area contributed by atoms with E-state index >= 15 is 0 Å². The van der Waals surface area contributed by atoms with Gasteiger partial charge in [0.2, 0.25) is 0 Å². The summed E-state index contributed by atoms with van der Waals surface area (Å²) in [4.78, 5) is 29.3. The van der Waals surface area contributed by atoms with Gasteiger partial charge in [-0.15, -0.1) is 0 Å². The van der Waals surface area contributed by atoms with Crippen LogP contribution >= 0.6 is 34.8 Å². The van der Waals surface area contributed by atoms with E-state index in [-0.39, 0.29) is 17.8 Å². The van der Waals surface area contributed by atoms with Gasteiger partial charge in [0, 0.05) is 65.7 Å². The molecule has 5 rings (SSSR count). The van der Waals surface area contributed by atoms with E-state index in [2.05, 4.69) is 21.4 Å². The summed E-state index contributed by atoms with van der Waals surface area (Å²) in [6, 6.07) is 13.6. The third-order valence-corrected chi connectivity index (χ3v) is 10.6. The summed E-state index contributed by atoms with van der Waals surface area (Å²) >= 11 is 18.3. The van der Waals surface area contributed by atoms with Gasteiger partial charge in [-0.3, -0.25) is 14.5 Å². The summed E-state index contributed by atoms with van der Waals surface area (Å²) in [7, 11) is 0. The Hall–Kier alpha value is -2.87. The second-order valence-corrected chi connectivity index (χ2v) is 14.5. The van der Waals surface area contributed by atoms with Gasteiger partial charge in [0.1, 0.15) is 0 Å². The quantitative estimate of drug-likeness (QED) is 0.173. The Labute approximate surface area is 299 Å². The number of amides is 1. The van der Waals surface area contributed by atoms with E-state index < -0.39 is 0 Å². The highest BCUT2D eigenvalue weighted by Crippen LogP contribution is 2.40. The highest BCUT2D eigenvalue weighted by Gasteiger charge is 2.40. The minimum Gasteiger partial charge on any atom is -0.374 e. The normalized spacial score (nSPS) is 20.3. The molecule has 0 saturated carbocycles. The number of fused-ring (bicyclic) bond motifs is 2. The lowest BCUT2D eigenvalue weighted by Gasteiger charge is -2.39. The van der Waals surface area contributed by atoms with Crippen molar-refractivity contribution >= 4 is 58.1 Å². The van der Waals surface area contributed by atoms with E-state index in [0.29, 0.717) is 58.2 Å². The first-order valence-corrected chi connectivity index (χ1v) is 18.1. The van der Waals surface area contributed by atoms with Gasteiger partial charge in [0.05, 0.1) is 33.7 Å². The fraction of sp³-hybridized carbons (Fsp3) is 0.436. The first kappa shape index (κ1) is 36.4. The number of Topliss-reactive ketones (excluding diaryl/α,β-unsaturated/α-hetero) is 1. The van der Waals surface area contributed by atoms with E-state index in [4.69, 9.17) is 39.5 Å². The molecule has 3 aromatic rings. The zero-order chi connectivity index (χ0) is 34.4. The summed E-state index contributed by atoms with van der Waals surface area (Å²) in [5.74, 6) is 0.465. The number of piperidine rings is 1. The maximum atomic E-state index is 13.6. The van der Waals surface area contributed by atoms with Crippen LogP contribution in [0.2, 0.25) is 15.1 Å². The Morgan fingerprint density at radius 1 is 1.02 bits per heavy atom. The van der Waals surface area contributed by atoms with Crippen molar-refractivity contribution in [2.24, 2.45) is 5.92 Å². The molecule has 0 aliphatic carbocycles. The molecule has 3 heterocycles. The number of ether oxygens (including phenoxy) is 1. The number of aromatic nitrogens is 1. The lowest BCUT2D eigenvalue weighted by Crippen LogP contribution is -2.44. The lowest BCUT2D eigenvalue weighted by atomic mass is 9.85. The molecule has 0 spiro atoms. The van der Waals surface area contributed by atoms with Crippen molar-refractivity contribution in [3.8, 4) is 0 Å². The van der Waals surface area contributed by atoms with Crippen LogP contribution in [-0.2, 0) is 17.8 Å². The summed E-state index contributed by atoms with van der Waals surface area (Å²) in [6.45, 7) is 12.6. The molecule has 2 bridgehead atoms. The molecule has 2 unspecified atom stereocenters. The minimum absolute atomic E-state index is 0.0614. The Bertz CT molecular complexity index is 1730. The van der Waals surface area contributed by atoms with Gasteiger partial charge in [0.15, 0.2) is 5.78 Å². The molecule has 256 valence electrons. The molecule has 2 aromatic carbocycles. The van der Waals surface area contributed by atoms with Crippen molar-refractivity contribution in [3.63, 3.8) is 0 Å². The van der Waals surface area contributed by atoms with E-state index in [9.17, 15) is 9.59 Å². The second-order valence-electron chi connectivity index (χ2n) is 13.3. The SMILES string of the molecule is C=C/C(COC(C)C)=c1\c(=C/C)c(C(=O)NCc2ccc(Cl)c(Cl)c2)cn1CCCN1C2CCC1CC(CC(=O)c1ccc(Cl)cc1)C2. The molecule has 1 aromatic heterocycles. The molecule has 2 aliphatic rings. The summed E-state index contributed by atoms with van der Waals surface area (Å²) in [5, 5.41) is 6.49. The van der Waals surface area contributed by atoms with Crippen LogP contribution in [0.1, 0.15) is 85.6 Å². The fourth-order valence-electron chi connectivity index (χ4n) is 7.34. The smallest absolute Gasteiger partial charge is 0.253 e. The number of nitrogens with one attached hydrogen (secondary N) is 1. The predicted octanol–water partition coefficient (Wildman–Crippen LogP) is 7.85. The summed E-state index contributed by atoms with van der Waals surface area (Å²) in [6.07, 6.45) is 11.9. The van der Waals surface area contributed by atoms with E-state index in [1.807, 2.05) is 57.3 Å². The molecule has 2 atom stereocenters. The maximum absolute atomic E-state index is 13.6. The number of nitrogens with zero attached hydrogens (tertiary/aromatic N) is 2. The molecule has 0 radical (unpaired) electrons. The van der Waals surface area contributed by atoms with Gasteiger partial charge in [-0.25, -0.2) is 0 Å². The highest BCUT2D eigenvalue weighted by atomic mass is 35.5. The number of ketones is 1. The van der Waals surface area contributed by atoms with E-state index in [1.165, 1.54) is 12.8 Å². The summed E-state index contributed by atoms with van der Waals surface area (Å²) in [5.41, 5.74) is 3.18.